The largest absolute Gasteiger partial charge is 0.389 e. The van der Waals surface area contributed by atoms with Crippen LogP contribution in [0.3, 0.4) is 0 Å². The van der Waals surface area contributed by atoms with E-state index in [4.69, 9.17) is 18.0 Å². The zero-order valence-corrected chi connectivity index (χ0v) is 12.7. The van der Waals surface area contributed by atoms with Crippen molar-refractivity contribution in [3.63, 3.8) is 0 Å². The number of thiocarbonyl (C=S) groups is 1. The summed E-state index contributed by atoms with van der Waals surface area (Å²) >= 11 is 4.96. The van der Waals surface area contributed by atoms with Gasteiger partial charge < -0.3 is 5.73 Å². The number of carbonyl (C=O) groups is 2. The molecule has 0 spiro atoms. The van der Waals surface area contributed by atoms with Gasteiger partial charge in [0.15, 0.2) is 0 Å². The fourth-order valence-electron chi connectivity index (χ4n) is 3.51. The highest BCUT2D eigenvalue weighted by Gasteiger charge is 2.51. The fraction of sp³-hybridized carbons (Fsp3) is 0.438. The van der Waals surface area contributed by atoms with Crippen molar-refractivity contribution in [3.05, 3.63) is 35.4 Å². The van der Waals surface area contributed by atoms with Crippen LogP contribution in [0.4, 0.5) is 0 Å². The molecule has 4 nitrogen and oxygen atoms in total. The summed E-state index contributed by atoms with van der Waals surface area (Å²) in [6.45, 7) is 2.42. The summed E-state index contributed by atoms with van der Waals surface area (Å²) in [4.78, 5) is 26.6. The molecule has 2 aliphatic rings. The number of hydrogen-bond acceptors (Lipinski definition) is 3. The van der Waals surface area contributed by atoms with Crippen LogP contribution in [0, 0.1) is 17.8 Å². The number of rotatable bonds is 3. The average Bonchev–Trinajstić information content (AvgIpc) is 2.93. The van der Waals surface area contributed by atoms with Gasteiger partial charge in [-0.05, 0) is 30.4 Å². The van der Waals surface area contributed by atoms with Gasteiger partial charge in [0.1, 0.15) is 4.99 Å². The highest BCUT2D eigenvalue weighted by Crippen LogP contribution is 2.43. The second-order valence-corrected chi connectivity index (χ2v) is 6.56. The molecule has 1 aliphatic heterocycles. The lowest BCUT2D eigenvalue weighted by atomic mass is 10.00. The molecule has 2 atom stereocenters. The number of hydrogen-bond donors (Lipinski definition) is 1. The molecular weight excluding hydrogens is 284 g/mol. The Balaban J connectivity index is 1.80. The number of fused-ring (bicyclic) bond motifs is 1. The van der Waals surface area contributed by atoms with Crippen LogP contribution in [0.1, 0.15) is 30.9 Å². The molecule has 1 aromatic carbocycles. The zero-order valence-electron chi connectivity index (χ0n) is 11.9. The minimum Gasteiger partial charge on any atom is -0.389 e. The lowest BCUT2D eigenvalue weighted by Crippen LogP contribution is -2.31. The highest BCUT2D eigenvalue weighted by molar-refractivity contribution is 7.80. The first-order chi connectivity index (χ1) is 9.97. The van der Waals surface area contributed by atoms with Crippen molar-refractivity contribution >= 4 is 29.0 Å². The van der Waals surface area contributed by atoms with E-state index in [-0.39, 0.29) is 23.7 Å². The number of amides is 2. The standard InChI is InChI=1S/C16H18N2O2S/c1-9-5-12-13(6-9)16(20)18(15(12)19)8-10-3-2-4-11(7-10)14(17)21/h2-4,7,9,12-13H,5-6,8H2,1H3,(H2,17,21). The van der Waals surface area contributed by atoms with Crippen LogP contribution in [0.5, 0.6) is 0 Å². The van der Waals surface area contributed by atoms with Crippen LogP contribution in [-0.4, -0.2) is 21.7 Å². The van der Waals surface area contributed by atoms with Gasteiger partial charge in [-0.25, -0.2) is 0 Å². The summed E-state index contributed by atoms with van der Waals surface area (Å²) in [6.07, 6.45) is 1.66. The normalized spacial score (nSPS) is 28.0. The molecule has 2 amide bonds. The molecule has 1 saturated heterocycles. The Bertz CT molecular complexity index is 604. The summed E-state index contributed by atoms with van der Waals surface area (Å²) in [5.74, 6) is 0.218. The van der Waals surface area contributed by atoms with Gasteiger partial charge in [-0.1, -0.05) is 37.3 Å². The van der Waals surface area contributed by atoms with E-state index in [0.29, 0.717) is 17.5 Å². The Morgan fingerprint density at radius 1 is 1.29 bits per heavy atom. The summed E-state index contributed by atoms with van der Waals surface area (Å²) in [5, 5.41) is 0. The van der Waals surface area contributed by atoms with Crippen molar-refractivity contribution in [1.82, 2.24) is 4.90 Å². The van der Waals surface area contributed by atoms with Gasteiger partial charge in [0.25, 0.3) is 0 Å². The van der Waals surface area contributed by atoms with E-state index in [0.717, 1.165) is 24.0 Å². The van der Waals surface area contributed by atoms with E-state index in [2.05, 4.69) is 6.92 Å². The van der Waals surface area contributed by atoms with Crippen LogP contribution in [0.25, 0.3) is 0 Å². The number of imide groups is 1. The molecule has 1 heterocycles. The van der Waals surface area contributed by atoms with Crippen LogP contribution in [0.15, 0.2) is 24.3 Å². The topological polar surface area (TPSA) is 63.4 Å². The first-order valence-electron chi connectivity index (χ1n) is 7.21. The van der Waals surface area contributed by atoms with Crippen molar-refractivity contribution in [3.8, 4) is 0 Å². The third-order valence-electron chi connectivity index (χ3n) is 4.52. The van der Waals surface area contributed by atoms with Crippen LogP contribution >= 0.6 is 12.2 Å². The van der Waals surface area contributed by atoms with E-state index in [1.165, 1.54) is 4.90 Å². The predicted molar refractivity (Wildman–Crippen MR) is 83.3 cm³/mol. The molecule has 2 unspecified atom stereocenters. The van der Waals surface area contributed by atoms with Crippen molar-refractivity contribution in [2.75, 3.05) is 0 Å². The minimum atomic E-state index is -0.105. The monoisotopic (exact) mass is 302 g/mol. The lowest BCUT2D eigenvalue weighted by molar-refractivity contribution is -0.141. The Labute approximate surface area is 129 Å². The Morgan fingerprint density at radius 2 is 1.90 bits per heavy atom. The quantitative estimate of drug-likeness (QED) is 0.684. The molecule has 110 valence electrons. The van der Waals surface area contributed by atoms with Gasteiger partial charge in [0.2, 0.25) is 11.8 Å². The van der Waals surface area contributed by atoms with Crippen molar-refractivity contribution in [1.29, 1.82) is 0 Å². The van der Waals surface area contributed by atoms with Gasteiger partial charge >= 0.3 is 0 Å². The zero-order chi connectivity index (χ0) is 15.1. The molecule has 0 bridgehead atoms. The molecule has 1 saturated carbocycles. The Morgan fingerprint density at radius 3 is 2.48 bits per heavy atom. The van der Waals surface area contributed by atoms with E-state index in [1.54, 1.807) is 0 Å². The van der Waals surface area contributed by atoms with Crippen LogP contribution in [-0.2, 0) is 16.1 Å². The first kappa shape index (κ1) is 14.2. The second kappa shape index (κ2) is 5.22. The predicted octanol–water partition coefficient (Wildman–Crippen LogP) is 1.85. The van der Waals surface area contributed by atoms with Crippen LogP contribution in [0.2, 0.25) is 0 Å². The van der Waals surface area contributed by atoms with E-state index < -0.39 is 0 Å². The minimum absolute atomic E-state index is 0.0184. The maximum Gasteiger partial charge on any atom is 0.233 e. The molecule has 1 aromatic rings. The molecule has 2 N–H and O–H groups in total. The average molecular weight is 302 g/mol. The van der Waals surface area contributed by atoms with Crippen LogP contribution < -0.4 is 5.73 Å². The lowest BCUT2D eigenvalue weighted by Gasteiger charge is -2.17. The maximum absolute atomic E-state index is 12.4. The Kier molecular flexibility index (Phi) is 3.53. The number of likely N-dealkylation sites (tertiary alicyclic amines) is 1. The number of nitrogens with zero attached hydrogens (tertiary/aromatic N) is 1. The molecular formula is C16H18N2O2S. The van der Waals surface area contributed by atoms with E-state index >= 15 is 0 Å². The van der Waals surface area contributed by atoms with Crippen molar-refractivity contribution in [2.45, 2.75) is 26.3 Å². The number of nitrogens with two attached hydrogens (primary N) is 1. The first-order valence-corrected chi connectivity index (χ1v) is 7.62. The van der Waals surface area contributed by atoms with E-state index in [9.17, 15) is 9.59 Å². The summed E-state index contributed by atoms with van der Waals surface area (Å²) < 4.78 is 0. The van der Waals surface area contributed by atoms with Gasteiger partial charge in [-0.3, -0.25) is 14.5 Å². The molecule has 0 aromatic heterocycles. The van der Waals surface area contributed by atoms with Gasteiger partial charge in [-0.15, -0.1) is 0 Å². The number of carbonyl (C=O) groups excluding carboxylic acids is 2. The molecule has 1 aliphatic carbocycles. The highest BCUT2D eigenvalue weighted by atomic mass is 32.1. The fourth-order valence-corrected chi connectivity index (χ4v) is 3.63. The second-order valence-electron chi connectivity index (χ2n) is 6.12. The SMILES string of the molecule is CC1CC2C(=O)N(Cc3cccc(C(N)=S)c3)C(=O)C2C1. The third kappa shape index (κ3) is 2.46. The molecule has 2 fully saturated rings. The number of benzene rings is 1. The van der Waals surface area contributed by atoms with Crippen molar-refractivity contribution in [2.24, 2.45) is 23.5 Å². The van der Waals surface area contributed by atoms with Gasteiger partial charge in [-0.2, -0.15) is 0 Å². The van der Waals surface area contributed by atoms with Crippen molar-refractivity contribution < 1.29 is 9.59 Å². The summed E-state index contributed by atoms with van der Waals surface area (Å²) in [6, 6.07) is 7.41. The molecule has 3 rings (SSSR count). The maximum atomic E-state index is 12.4. The third-order valence-corrected chi connectivity index (χ3v) is 4.75. The molecule has 21 heavy (non-hydrogen) atoms. The van der Waals surface area contributed by atoms with E-state index in [1.807, 2.05) is 24.3 Å². The molecule has 5 heteroatoms. The summed E-state index contributed by atoms with van der Waals surface area (Å²) in [7, 11) is 0. The van der Waals surface area contributed by atoms with Gasteiger partial charge in [0, 0.05) is 5.56 Å². The Hall–Kier alpha value is -1.75. The summed E-state index contributed by atoms with van der Waals surface area (Å²) in [5.41, 5.74) is 7.26. The van der Waals surface area contributed by atoms with Gasteiger partial charge in [0.05, 0.1) is 18.4 Å². The smallest absolute Gasteiger partial charge is 0.233 e. The molecule has 0 radical (unpaired) electrons.